The van der Waals surface area contributed by atoms with Crippen molar-refractivity contribution in [1.29, 1.82) is 0 Å². The number of nitrogens with zero attached hydrogens (tertiary/aromatic N) is 4. The van der Waals surface area contributed by atoms with Crippen LogP contribution in [-0.4, -0.2) is 43.7 Å². The number of rotatable bonds is 3. The molecule has 2 aromatic heterocycles. The van der Waals surface area contributed by atoms with Gasteiger partial charge in [-0.05, 0) is 31.7 Å². The van der Waals surface area contributed by atoms with Crippen molar-refractivity contribution >= 4 is 34.9 Å². The third kappa shape index (κ3) is 3.93. The van der Waals surface area contributed by atoms with E-state index in [1.165, 1.54) is 4.40 Å². The molecule has 0 saturated carbocycles. The van der Waals surface area contributed by atoms with Crippen LogP contribution in [-0.2, 0) is 11.0 Å². The molecule has 0 bridgehead atoms. The van der Waals surface area contributed by atoms with Crippen LogP contribution in [0.25, 0.3) is 5.65 Å². The maximum Gasteiger partial charge on any atom is 0.417 e. The smallest absolute Gasteiger partial charge is 0.342 e. The molecule has 1 unspecified atom stereocenters. The number of hydrogen-bond donors (Lipinski definition) is 0. The summed E-state index contributed by atoms with van der Waals surface area (Å²) >= 11 is 6.99. The molecule has 5 nitrogen and oxygen atoms in total. The van der Waals surface area contributed by atoms with Crippen LogP contribution in [0.1, 0.15) is 32.3 Å². The van der Waals surface area contributed by atoms with Gasteiger partial charge in [0, 0.05) is 19.3 Å². The average molecular weight is 407 g/mol. The van der Waals surface area contributed by atoms with E-state index in [4.69, 9.17) is 11.6 Å². The summed E-state index contributed by atoms with van der Waals surface area (Å²) in [6, 6.07) is 0.823. The van der Waals surface area contributed by atoms with Crippen LogP contribution < -0.4 is 0 Å². The molecule has 1 saturated heterocycles. The number of fused-ring (bicyclic) bond motifs is 1. The lowest BCUT2D eigenvalue weighted by molar-refractivity contribution is -0.138. The van der Waals surface area contributed by atoms with E-state index in [1.54, 1.807) is 11.8 Å². The fourth-order valence-corrected chi connectivity index (χ4v) is 4.02. The van der Waals surface area contributed by atoms with Gasteiger partial charge in [-0.2, -0.15) is 13.2 Å². The third-order valence-corrected chi connectivity index (χ3v) is 5.80. The van der Waals surface area contributed by atoms with E-state index >= 15 is 0 Å². The van der Waals surface area contributed by atoms with Crippen molar-refractivity contribution in [3.05, 3.63) is 22.8 Å². The van der Waals surface area contributed by atoms with Crippen LogP contribution >= 0.6 is 23.4 Å². The zero-order chi connectivity index (χ0) is 19.1. The number of piperidine rings is 1. The van der Waals surface area contributed by atoms with E-state index in [0.29, 0.717) is 19.0 Å². The van der Waals surface area contributed by atoms with Crippen molar-refractivity contribution in [3.63, 3.8) is 0 Å². The monoisotopic (exact) mass is 406 g/mol. The van der Waals surface area contributed by atoms with Crippen LogP contribution in [0.2, 0.25) is 5.02 Å². The van der Waals surface area contributed by atoms with Gasteiger partial charge in [-0.1, -0.05) is 30.3 Å². The molecule has 1 amide bonds. The fourth-order valence-electron chi connectivity index (χ4n) is 2.86. The van der Waals surface area contributed by atoms with Crippen molar-refractivity contribution in [3.8, 4) is 0 Å². The first-order valence-electron chi connectivity index (χ1n) is 8.23. The Kier molecular flexibility index (Phi) is 5.39. The van der Waals surface area contributed by atoms with E-state index in [0.717, 1.165) is 36.9 Å². The second-order valence-electron chi connectivity index (χ2n) is 6.52. The standard InChI is InChI=1S/C16H18ClF3N4OS/c1-9-3-5-23(6-4-9)14(25)10(2)26-15-22-21-13-12(17)7-11(8-24(13)15)16(18,19)20/h7-10H,3-6H2,1-2H3. The van der Waals surface area contributed by atoms with Gasteiger partial charge in [0.2, 0.25) is 5.91 Å². The minimum absolute atomic E-state index is 0.0447. The predicted molar refractivity (Wildman–Crippen MR) is 93.3 cm³/mol. The molecule has 10 heteroatoms. The fraction of sp³-hybridized carbons (Fsp3) is 0.562. The van der Waals surface area contributed by atoms with Crippen molar-refractivity contribution in [2.24, 2.45) is 5.92 Å². The number of pyridine rings is 1. The molecular weight excluding hydrogens is 389 g/mol. The topological polar surface area (TPSA) is 50.5 Å². The van der Waals surface area contributed by atoms with E-state index in [2.05, 4.69) is 17.1 Å². The highest BCUT2D eigenvalue weighted by Gasteiger charge is 2.33. The van der Waals surface area contributed by atoms with E-state index in [9.17, 15) is 18.0 Å². The Morgan fingerprint density at radius 2 is 2.00 bits per heavy atom. The van der Waals surface area contributed by atoms with Crippen LogP contribution in [0, 0.1) is 5.92 Å². The molecule has 0 radical (unpaired) electrons. The quantitative estimate of drug-likeness (QED) is 0.719. The number of thioether (sulfide) groups is 1. The summed E-state index contributed by atoms with van der Waals surface area (Å²) in [5.74, 6) is 0.558. The molecule has 3 rings (SSSR count). The zero-order valence-corrected chi connectivity index (χ0v) is 15.8. The van der Waals surface area contributed by atoms with Gasteiger partial charge in [0.15, 0.2) is 10.8 Å². The van der Waals surface area contributed by atoms with Crippen molar-refractivity contribution in [2.75, 3.05) is 13.1 Å². The molecule has 0 spiro atoms. The predicted octanol–water partition coefficient (Wildman–Crippen LogP) is 4.14. The van der Waals surface area contributed by atoms with E-state index in [-0.39, 0.29) is 21.7 Å². The van der Waals surface area contributed by atoms with Crippen LogP contribution in [0.15, 0.2) is 17.4 Å². The second kappa shape index (κ2) is 7.26. The van der Waals surface area contributed by atoms with Gasteiger partial charge < -0.3 is 4.90 Å². The number of aromatic nitrogens is 3. The number of halogens is 4. The van der Waals surface area contributed by atoms with Gasteiger partial charge in [0.05, 0.1) is 15.8 Å². The molecule has 3 heterocycles. The molecule has 1 aliphatic rings. The molecule has 2 aromatic rings. The van der Waals surface area contributed by atoms with Gasteiger partial charge in [-0.3, -0.25) is 9.20 Å². The minimum Gasteiger partial charge on any atom is -0.342 e. The van der Waals surface area contributed by atoms with Crippen molar-refractivity contribution < 1.29 is 18.0 Å². The molecule has 26 heavy (non-hydrogen) atoms. The first kappa shape index (κ1) is 19.3. The zero-order valence-electron chi connectivity index (χ0n) is 14.3. The Labute approximate surface area is 157 Å². The van der Waals surface area contributed by atoms with Gasteiger partial charge >= 0.3 is 6.18 Å². The molecule has 0 aliphatic carbocycles. The largest absolute Gasteiger partial charge is 0.417 e. The van der Waals surface area contributed by atoms with Crippen LogP contribution in [0.4, 0.5) is 13.2 Å². The van der Waals surface area contributed by atoms with Crippen molar-refractivity contribution in [2.45, 2.75) is 43.3 Å². The number of likely N-dealkylation sites (tertiary alicyclic amines) is 1. The Bertz CT molecular complexity index is 818. The summed E-state index contributed by atoms with van der Waals surface area (Å²) in [7, 11) is 0. The number of carbonyl (C=O) groups excluding carboxylic acids is 1. The minimum atomic E-state index is -4.53. The van der Waals surface area contributed by atoms with Crippen LogP contribution in [0.5, 0.6) is 0 Å². The summed E-state index contributed by atoms with van der Waals surface area (Å²) in [5, 5.41) is 7.35. The second-order valence-corrected chi connectivity index (χ2v) is 8.23. The lowest BCUT2D eigenvalue weighted by Crippen LogP contribution is -2.41. The Hall–Kier alpha value is -1.48. The van der Waals surface area contributed by atoms with Crippen molar-refractivity contribution in [1.82, 2.24) is 19.5 Å². The Morgan fingerprint density at radius 3 is 2.62 bits per heavy atom. The molecule has 0 N–H and O–H groups in total. The Balaban J connectivity index is 1.82. The van der Waals surface area contributed by atoms with Gasteiger partial charge in [0.1, 0.15) is 0 Å². The number of amides is 1. The molecule has 1 atom stereocenters. The van der Waals surface area contributed by atoms with Gasteiger partial charge in [-0.25, -0.2) is 0 Å². The summed E-state index contributed by atoms with van der Waals surface area (Å²) in [5.41, 5.74) is -0.755. The number of alkyl halides is 3. The first-order chi connectivity index (χ1) is 12.2. The summed E-state index contributed by atoms with van der Waals surface area (Å²) in [6.45, 7) is 5.29. The van der Waals surface area contributed by atoms with E-state index in [1.807, 2.05) is 0 Å². The number of hydrogen-bond acceptors (Lipinski definition) is 4. The lowest BCUT2D eigenvalue weighted by atomic mass is 9.99. The van der Waals surface area contributed by atoms with Gasteiger partial charge in [-0.15, -0.1) is 10.2 Å². The first-order valence-corrected chi connectivity index (χ1v) is 9.49. The molecule has 1 aliphatic heterocycles. The molecule has 1 fully saturated rings. The highest BCUT2D eigenvalue weighted by atomic mass is 35.5. The summed E-state index contributed by atoms with van der Waals surface area (Å²) < 4.78 is 40.2. The Morgan fingerprint density at radius 1 is 1.35 bits per heavy atom. The summed E-state index contributed by atoms with van der Waals surface area (Å²) in [6.07, 6.45) is -1.71. The highest BCUT2D eigenvalue weighted by molar-refractivity contribution is 8.00. The summed E-state index contributed by atoms with van der Waals surface area (Å²) in [4.78, 5) is 14.4. The molecule has 0 aromatic carbocycles. The van der Waals surface area contributed by atoms with Gasteiger partial charge in [0.25, 0.3) is 0 Å². The van der Waals surface area contributed by atoms with Crippen LogP contribution in [0.3, 0.4) is 0 Å². The SMILES string of the molecule is CC1CCN(C(=O)C(C)Sc2nnc3c(Cl)cc(C(F)(F)F)cn23)CC1. The highest BCUT2D eigenvalue weighted by Crippen LogP contribution is 2.34. The molecule has 142 valence electrons. The maximum absolute atomic E-state index is 13.0. The third-order valence-electron chi connectivity index (χ3n) is 4.48. The maximum atomic E-state index is 13.0. The number of carbonyl (C=O) groups is 1. The normalized spacial score (nSPS) is 17.7. The average Bonchev–Trinajstić information content (AvgIpc) is 2.97. The van der Waals surface area contributed by atoms with E-state index < -0.39 is 17.0 Å². The molecular formula is C16H18ClF3N4OS. The lowest BCUT2D eigenvalue weighted by Gasteiger charge is -2.31.